The second-order valence-corrected chi connectivity index (χ2v) is 6.97. The number of benzene rings is 2. The first-order valence-electron chi connectivity index (χ1n) is 9.34. The molecular formula is C21H25FN4O2. The van der Waals surface area contributed by atoms with E-state index in [-0.39, 0.29) is 30.6 Å². The lowest BCUT2D eigenvalue weighted by atomic mass is 10.1. The fourth-order valence-electron chi connectivity index (χ4n) is 3.10. The van der Waals surface area contributed by atoms with Gasteiger partial charge in [0, 0.05) is 37.6 Å². The Hall–Kier alpha value is -2.93. The number of amides is 2. The van der Waals surface area contributed by atoms with Gasteiger partial charge in [0.05, 0.1) is 13.0 Å². The third kappa shape index (κ3) is 5.79. The highest BCUT2D eigenvalue weighted by atomic mass is 19.1. The van der Waals surface area contributed by atoms with Gasteiger partial charge in [-0.1, -0.05) is 12.1 Å². The molecule has 1 heterocycles. The molecule has 6 nitrogen and oxygen atoms in total. The zero-order valence-electron chi connectivity index (χ0n) is 16.0. The van der Waals surface area contributed by atoms with E-state index in [0.717, 1.165) is 31.9 Å². The van der Waals surface area contributed by atoms with Crippen LogP contribution in [0.2, 0.25) is 0 Å². The standard InChI is InChI=1S/C21H25FN4O2/c1-25-9-11-26(12-10-25)19-7-5-18(6-8-19)24-21(28)15-23-20(27)14-16-3-2-4-17(22)13-16/h2-8,13H,9-12,14-15H2,1H3,(H,23,27)(H,24,28). The molecule has 2 amide bonds. The zero-order chi connectivity index (χ0) is 19.9. The van der Waals surface area contributed by atoms with Gasteiger partial charge in [-0.05, 0) is 49.0 Å². The minimum atomic E-state index is -0.386. The Balaban J connectivity index is 1.43. The summed E-state index contributed by atoms with van der Waals surface area (Å²) >= 11 is 0. The lowest BCUT2D eigenvalue weighted by Gasteiger charge is -2.34. The number of hydrogen-bond acceptors (Lipinski definition) is 4. The van der Waals surface area contributed by atoms with Gasteiger partial charge in [0.25, 0.3) is 0 Å². The molecule has 0 radical (unpaired) electrons. The number of nitrogens with zero attached hydrogens (tertiary/aromatic N) is 2. The van der Waals surface area contributed by atoms with Crippen molar-refractivity contribution < 1.29 is 14.0 Å². The molecule has 2 aromatic carbocycles. The van der Waals surface area contributed by atoms with Crippen LogP contribution in [0.25, 0.3) is 0 Å². The van der Waals surface area contributed by atoms with Crippen LogP contribution in [0, 0.1) is 5.82 Å². The number of halogens is 1. The van der Waals surface area contributed by atoms with Gasteiger partial charge in [0.2, 0.25) is 11.8 Å². The molecule has 7 heteroatoms. The molecule has 2 aromatic rings. The van der Waals surface area contributed by atoms with Crippen molar-refractivity contribution in [1.29, 1.82) is 0 Å². The first kappa shape index (κ1) is 19.8. The highest BCUT2D eigenvalue weighted by molar-refractivity contribution is 5.94. The molecule has 0 saturated carbocycles. The van der Waals surface area contributed by atoms with Crippen LogP contribution < -0.4 is 15.5 Å². The molecule has 1 aliphatic rings. The van der Waals surface area contributed by atoms with Crippen LogP contribution in [-0.4, -0.2) is 56.5 Å². The van der Waals surface area contributed by atoms with E-state index in [1.54, 1.807) is 12.1 Å². The number of rotatable bonds is 6. The van der Waals surface area contributed by atoms with Gasteiger partial charge in [-0.25, -0.2) is 4.39 Å². The van der Waals surface area contributed by atoms with Crippen molar-refractivity contribution in [2.75, 3.05) is 50.0 Å². The second kappa shape index (κ2) is 9.32. The maximum atomic E-state index is 13.1. The number of carbonyl (C=O) groups excluding carboxylic acids is 2. The van der Waals surface area contributed by atoms with E-state index in [0.29, 0.717) is 11.3 Å². The first-order chi connectivity index (χ1) is 13.5. The third-order valence-corrected chi connectivity index (χ3v) is 4.72. The van der Waals surface area contributed by atoms with Crippen LogP contribution in [0.1, 0.15) is 5.56 Å². The largest absolute Gasteiger partial charge is 0.369 e. The topological polar surface area (TPSA) is 64.7 Å². The quantitative estimate of drug-likeness (QED) is 0.798. The number of hydrogen-bond donors (Lipinski definition) is 2. The monoisotopic (exact) mass is 384 g/mol. The van der Waals surface area contributed by atoms with Crippen molar-refractivity contribution in [1.82, 2.24) is 10.2 Å². The number of likely N-dealkylation sites (N-methyl/N-ethyl adjacent to an activating group) is 1. The van der Waals surface area contributed by atoms with Crippen LogP contribution >= 0.6 is 0 Å². The summed E-state index contributed by atoms with van der Waals surface area (Å²) in [6.07, 6.45) is 0.0325. The zero-order valence-corrected chi connectivity index (χ0v) is 16.0. The molecule has 0 aliphatic carbocycles. The second-order valence-electron chi connectivity index (χ2n) is 6.97. The Bertz CT molecular complexity index is 817. The van der Waals surface area contributed by atoms with E-state index in [4.69, 9.17) is 0 Å². The summed E-state index contributed by atoms with van der Waals surface area (Å²) in [6.45, 7) is 3.91. The SMILES string of the molecule is CN1CCN(c2ccc(NC(=O)CNC(=O)Cc3cccc(F)c3)cc2)CC1. The van der Waals surface area contributed by atoms with E-state index in [2.05, 4.69) is 27.5 Å². The molecule has 0 spiro atoms. The Morgan fingerprint density at radius 2 is 1.71 bits per heavy atom. The van der Waals surface area contributed by atoms with Gasteiger partial charge in [0.15, 0.2) is 0 Å². The van der Waals surface area contributed by atoms with E-state index in [9.17, 15) is 14.0 Å². The molecule has 28 heavy (non-hydrogen) atoms. The molecule has 0 unspecified atom stereocenters. The van der Waals surface area contributed by atoms with Crippen molar-refractivity contribution in [3.63, 3.8) is 0 Å². The maximum absolute atomic E-state index is 13.1. The van der Waals surface area contributed by atoms with Gasteiger partial charge in [-0.15, -0.1) is 0 Å². The fraction of sp³-hybridized carbons (Fsp3) is 0.333. The molecule has 0 bridgehead atoms. The van der Waals surface area contributed by atoms with Crippen LogP contribution in [-0.2, 0) is 16.0 Å². The summed E-state index contributed by atoms with van der Waals surface area (Å²) in [5.74, 6) is -1.02. The van der Waals surface area contributed by atoms with Gasteiger partial charge in [-0.2, -0.15) is 0 Å². The lowest BCUT2D eigenvalue weighted by molar-refractivity contribution is -0.123. The predicted octanol–water partition coefficient (Wildman–Crippen LogP) is 1.87. The average molecular weight is 384 g/mol. The minimum Gasteiger partial charge on any atom is -0.369 e. The molecule has 2 N–H and O–H groups in total. The van der Waals surface area contributed by atoms with E-state index in [1.807, 2.05) is 24.3 Å². The molecule has 0 atom stereocenters. The lowest BCUT2D eigenvalue weighted by Crippen LogP contribution is -2.44. The molecular weight excluding hydrogens is 359 g/mol. The van der Waals surface area contributed by atoms with Crippen molar-refractivity contribution in [2.24, 2.45) is 0 Å². The minimum absolute atomic E-state index is 0.0325. The predicted molar refractivity (Wildman–Crippen MR) is 108 cm³/mol. The van der Waals surface area contributed by atoms with Crippen LogP contribution in [0.5, 0.6) is 0 Å². The van der Waals surface area contributed by atoms with Crippen LogP contribution in [0.3, 0.4) is 0 Å². The summed E-state index contributed by atoms with van der Waals surface area (Å²) in [6, 6.07) is 13.6. The summed E-state index contributed by atoms with van der Waals surface area (Å²) in [5, 5.41) is 5.32. The third-order valence-electron chi connectivity index (χ3n) is 4.72. The van der Waals surface area contributed by atoms with Gasteiger partial charge >= 0.3 is 0 Å². The number of piperazine rings is 1. The normalized spacial score (nSPS) is 14.6. The van der Waals surface area contributed by atoms with Crippen LogP contribution in [0.4, 0.5) is 15.8 Å². The van der Waals surface area contributed by atoms with Crippen LogP contribution in [0.15, 0.2) is 48.5 Å². The van der Waals surface area contributed by atoms with Gasteiger partial charge < -0.3 is 20.4 Å². The number of anilines is 2. The maximum Gasteiger partial charge on any atom is 0.243 e. The first-order valence-corrected chi connectivity index (χ1v) is 9.34. The van der Waals surface area contributed by atoms with Crippen molar-refractivity contribution >= 4 is 23.2 Å². The van der Waals surface area contributed by atoms with E-state index < -0.39 is 0 Å². The fourth-order valence-corrected chi connectivity index (χ4v) is 3.10. The van der Waals surface area contributed by atoms with Crippen molar-refractivity contribution in [3.8, 4) is 0 Å². The molecule has 1 fully saturated rings. The number of carbonyl (C=O) groups is 2. The average Bonchev–Trinajstić information content (AvgIpc) is 2.68. The highest BCUT2D eigenvalue weighted by Crippen LogP contribution is 2.19. The molecule has 1 aliphatic heterocycles. The molecule has 0 aromatic heterocycles. The molecule has 3 rings (SSSR count). The molecule has 148 valence electrons. The van der Waals surface area contributed by atoms with Crippen molar-refractivity contribution in [2.45, 2.75) is 6.42 Å². The summed E-state index contributed by atoms with van der Waals surface area (Å²) in [7, 11) is 2.12. The van der Waals surface area contributed by atoms with Gasteiger partial charge in [0.1, 0.15) is 5.82 Å². The summed E-state index contributed by atoms with van der Waals surface area (Å²) in [4.78, 5) is 28.6. The highest BCUT2D eigenvalue weighted by Gasteiger charge is 2.14. The van der Waals surface area contributed by atoms with Crippen molar-refractivity contribution in [3.05, 3.63) is 59.9 Å². The Kier molecular flexibility index (Phi) is 6.60. The molecule has 1 saturated heterocycles. The Labute approximate surface area is 164 Å². The smallest absolute Gasteiger partial charge is 0.243 e. The van der Waals surface area contributed by atoms with E-state index >= 15 is 0 Å². The summed E-state index contributed by atoms with van der Waals surface area (Å²) < 4.78 is 13.1. The Morgan fingerprint density at radius 3 is 2.39 bits per heavy atom. The van der Waals surface area contributed by atoms with E-state index in [1.165, 1.54) is 12.1 Å². The van der Waals surface area contributed by atoms with Gasteiger partial charge in [-0.3, -0.25) is 9.59 Å². The Morgan fingerprint density at radius 1 is 1.00 bits per heavy atom. The number of nitrogens with one attached hydrogen (secondary N) is 2. The summed E-state index contributed by atoms with van der Waals surface area (Å²) in [5.41, 5.74) is 2.38.